The SMILES string of the molecule is CCS(=O)(=O)N1N=Cc2ccc(Oc3ccc(C(F)(F)F)cc3/C=N/O)cc2[B-]1(O)O. The highest BCUT2D eigenvalue weighted by Crippen LogP contribution is 2.34. The lowest BCUT2D eigenvalue weighted by Crippen LogP contribution is -2.65. The fourth-order valence-electron chi connectivity index (χ4n) is 2.94. The largest absolute Gasteiger partial charge is 0.560 e. The van der Waals surface area contributed by atoms with Crippen LogP contribution in [0.1, 0.15) is 23.6 Å². The number of hydrogen-bond donors (Lipinski definition) is 3. The molecule has 3 N–H and O–H groups in total. The van der Waals surface area contributed by atoms with Crippen molar-refractivity contribution in [3.8, 4) is 11.5 Å². The summed E-state index contributed by atoms with van der Waals surface area (Å²) >= 11 is 0. The van der Waals surface area contributed by atoms with Crippen molar-refractivity contribution in [2.75, 3.05) is 5.75 Å². The summed E-state index contributed by atoms with van der Waals surface area (Å²) in [4.78, 5) is 0. The third kappa shape index (κ3) is 4.35. The lowest BCUT2D eigenvalue weighted by Gasteiger charge is -2.42. The molecule has 0 unspecified atom stereocenters. The van der Waals surface area contributed by atoms with Gasteiger partial charge in [0.25, 0.3) is 0 Å². The van der Waals surface area contributed by atoms with Crippen molar-refractivity contribution >= 4 is 34.6 Å². The van der Waals surface area contributed by atoms with Gasteiger partial charge in [-0.15, -0.1) is 5.46 Å². The molecule has 1 heterocycles. The van der Waals surface area contributed by atoms with Crippen LogP contribution < -0.4 is 10.2 Å². The second-order valence-corrected chi connectivity index (χ2v) is 8.65. The zero-order chi connectivity index (χ0) is 23.0. The Balaban J connectivity index is 2.02. The maximum Gasteiger partial charge on any atom is 0.416 e. The van der Waals surface area contributed by atoms with Crippen molar-refractivity contribution in [3.05, 3.63) is 53.1 Å². The predicted molar refractivity (Wildman–Crippen MR) is 106 cm³/mol. The van der Waals surface area contributed by atoms with Crippen molar-refractivity contribution in [2.45, 2.75) is 13.1 Å². The van der Waals surface area contributed by atoms with Crippen LogP contribution in [0, 0.1) is 0 Å². The molecule has 1 aliphatic heterocycles. The minimum atomic E-state index is -4.63. The number of alkyl halides is 3. The van der Waals surface area contributed by atoms with E-state index in [2.05, 4.69) is 10.3 Å². The second kappa shape index (κ2) is 7.87. The third-order valence-corrected chi connectivity index (χ3v) is 6.19. The van der Waals surface area contributed by atoms with E-state index in [0.717, 1.165) is 30.6 Å². The second-order valence-electron chi connectivity index (χ2n) is 6.54. The van der Waals surface area contributed by atoms with E-state index in [4.69, 9.17) is 9.94 Å². The van der Waals surface area contributed by atoms with E-state index in [1.165, 1.54) is 19.1 Å². The average Bonchev–Trinajstić information content (AvgIpc) is 2.69. The van der Waals surface area contributed by atoms with Gasteiger partial charge in [0.2, 0.25) is 10.0 Å². The molecule has 2 aromatic carbocycles. The van der Waals surface area contributed by atoms with Gasteiger partial charge < -0.3 is 24.3 Å². The molecule has 1 aliphatic rings. The number of ether oxygens (including phenoxy) is 1. The molecular formula is C17H16BF3N3O6S-. The van der Waals surface area contributed by atoms with E-state index in [-0.39, 0.29) is 32.4 Å². The van der Waals surface area contributed by atoms with Crippen LogP contribution in [0.4, 0.5) is 13.2 Å². The highest BCUT2D eigenvalue weighted by atomic mass is 32.2. The van der Waals surface area contributed by atoms with E-state index in [0.29, 0.717) is 6.07 Å². The fourth-order valence-corrected chi connectivity index (χ4v) is 3.95. The molecule has 0 radical (unpaired) electrons. The number of sulfonamides is 1. The predicted octanol–water partition coefficient (Wildman–Crippen LogP) is 1.44. The van der Waals surface area contributed by atoms with E-state index >= 15 is 0 Å². The average molecular weight is 458 g/mol. The molecule has 2 aromatic rings. The van der Waals surface area contributed by atoms with Gasteiger partial charge in [-0.05, 0) is 42.8 Å². The molecule has 0 saturated heterocycles. The molecule has 166 valence electrons. The minimum Gasteiger partial charge on any atom is -0.560 e. The monoisotopic (exact) mass is 458 g/mol. The number of nitrogens with zero attached hydrogens (tertiary/aromatic N) is 3. The first-order chi connectivity index (χ1) is 14.4. The molecule has 0 aliphatic carbocycles. The van der Waals surface area contributed by atoms with E-state index in [9.17, 15) is 31.6 Å². The number of rotatable bonds is 5. The van der Waals surface area contributed by atoms with Crippen LogP contribution in [0.5, 0.6) is 11.5 Å². The van der Waals surface area contributed by atoms with Gasteiger partial charge in [-0.3, -0.25) is 0 Å². The Morgan fingerprint density at radius 1 is 1.23 bits per heavy atom. The summed E-state index contributed by atoms with van der Waals surface area (Å²) in [6.45, 7) is -2.49. The molecule has 9 nitrogen and oxygen atoms in total. The Hall–Kier alpha value is -3.10. The van der Waals surface area contributed by atoms with Crippen LogP contribution in [0.2, 0.25) is 0 Å². The lowest BCUT2D eigenvalue weighted by atomic mass is 9.63. The van der Waals surface area contributed by atoms with E-state index < -0.39 is 34.2 Å². The number of hydrogen-bond acceptors (Lipinski definition) is 8. The number of benzene rings is 2. The van der Waals surface area contributed by atoms with Gasteiger partial charge in [-0.2, -0.15) is 13.2 Å². The number of oxime groups is 1. The Labute approximate surface area is 174 Å². The molecule has 14 heteroatoms. The van der Waals surface area contributed by atoms with Crippen molar-refractivity contribution in [3.63, 3.8) is 0 Å². The first kappa shape index (κ1) is 22.6. The summed E-state index contributed by atoms with van der Waals surface area (Å²) in [6.07, 6.45) is -2.76. The Kier molecular flexibility index (Phi) is 5.73. The lowest BCUT2D eigenvalue weighted by molar-refractivity contribution is -0.137. The van der Waals surface area contributed by atoms with E-state index in [1.54, 1.807) is 0 Å². The summed E-state index contributed by atoms with van der Waals surface area (Å²) in [7, 11) is -4.11. The normalized spacial score (nSPS) is 15.9. The molecule has 0 fully saturated rings. The summed E-state index contributed by atoms with van der Waals surface area (Å²) in [5.41, 5.74) is -1.19. The quantitative estimate of drug-likeness (QED) is 0.269. The van der Waals surface area contributed by atoms with Crippen LogP contribution in [0.15, 0.2) is 46.7 Å². The molecular weight excluding hydrogens is 442 g/mol. The molecule has 0 amide bonds. The third-order valence-electron chi connectivity index (χ3n) is 4.51. The Morgan fingerprint density at radius 3 is 2.55 bits per heavy atom. The van der Waals surface area contributed by atoms with Gasteiger partial charge in [-0.1, -0.05) is 11.2 Å². The summed E-state index contributed by atoms with van der Waals surface area (Å²) in [5.74, 6) is -0.595. The molecule has 0 aromatic heterocycles. The fraction of sp³-hybridized carbons (Fsp3) is 0.176. The molecule has 0 bridgehead atoms. The highest BCUT2D eigenvalue weighted by molar-refractivity contribution is 7.90. The van der Waals surface area contributed by atoms with Gasteiger partial charge in [0.05, 0.1) is 17.5 Å². The maximum absolute atomic E-state index is 12.9. The van der Waals surface area contributed by atoms with Crippen LogP contribution in [0.3, 0.4) is 0 Å². The van der Waals surface area contributed by atoms with Gasteiger partial charge in [0.1, 0.15) is 11.5 Å². The Bertz CT molecular complexity index is 1170. The number of halogens is 3. The van der Waals surface area contributed by atoms with Crippen molar-refractivity contribution in [2.24, 2.45) is 10.3 Å². The maximum atomic E-state index is 12.9. The molecule has 0 atom stereocenters. The number of hydrazone groups is 1. The Morgan fingerprint density at radius 2 is 1.94 bits per heavy atom. The summed E-state index contributed by atoms with van der Waals surface area (Å²) in [5, 5.41) is 36.1. The summed E-state index contributed by atoms with van der Waals surface area (Å²) in [6, 6.07) is 6.36. The summed E-state index contributed by atoms with van der Waals surface area (Å²) < 4.78 is 68.8. The van der Waals surface area contributed by atoms with Gasteiger partial charge in [-0.25, -0.2) is 13.5 Å². The van der Waals surface area contributed by atoms with Crippen LogP contribution >= 0.6 is 0 Å². The van der Waals surface area contributed by atoms with Crippen molar-refractivity contribution in [1.82, 2.24) is 4.33 Å². The van der Waals surface area contributed by atoms with Gasteiger partial charge in [0, 0.05) is 11.8 Å². The first-order valence-corrected chi connectivity index (χ1v) is 10.4. The van der Waals surface area contributed by atoms with Crippen LogP contribution in [-0.2, 0) is 16.2 Å². The zero-order valence-corrected chi connectivity index (χ0v) is 16.7. The van der Waals surface area contributed by atoms with Gasteiger partial charge >= 0.3 is 12.9 Å². The zero-order valence-electron chi connectivity index (χ0n) is 15.9. The minimum absolute atomic E-state index is 0.0374. The number of fused-ring (bicyclic) bond motifs is 1. The highest BCUT2D eigenvalue weighted by Gasteiger charge is 2.40. The smallest absolute Gasteiger partial charge is 0.416 e. The topological polar surface area (TPSA) is 132 Å². The van der Waals surface area contributed by atoms with Gasteiger partial charge in [0.15, 0.2) is 0 Å². The first-order valence-electron chi connectivity index (χ1n) is 8.77. The molecule has 0 spiro atoms. The van der Waals surface area contributed by atoms with Crippen molar-refractivity contribution < 1.29 is 41.6 Å². The van der Waals surface area contributed by atoms with Crippen LogP contribution in [0.25, 0.3) is 0 Å². The molecule has 3 rings (SSSR count). The molecule has 31 heavy (non-hydrogen) atoms. The van der Waals surface area contributed by atoms with Crippen LogP contribution in [-0.4, -0.2) is 52.9 Å². The van der Waals surface area contributed by atoms with E-state index in [1.807, 2.05) is 0 Å². The standard InChI is InChI=1S/C17H16BF3N3O6S/c1-2-31(28,29)24-18(25,26)15-8-14(5-3-11(15)9-22-24)30-16-6-4-13(17(19,20)21)7-12(16)10-23-27/h3-10,25-27H,2H2,1H3/q-1/b23-10+. The van der Waals surface area contributed by atoms with Crippen molar-refractivity contribution in [1.29, 1.82) is 0 Å². The molecule has 0 saturated carbocycles.